The van der Waals surface area contributed by atoms with Crippen LogP contribution in [0.1, 0.15) is 12.0 Å². The molecule has 0 aliphatic heterocycles. The summed E-state index contributed by atoms with van der Waals surface area (Å²) in [7, 11) is 1.66. The van der Waals surface area contributed by atoms with Crippen molar-refractivity contribution in [2.45, 2.75) is 12.8 Å². The number of aromatic amines is 1. The molecule has 23 heavy (non-hydrogen) atoms. The molecule has 3 rings (SSSR count). The number of hydrogen-bond acceptors (Lipinski definition) is 3. The summed E-state index contributed by atoms with van der Waals surface area (Å²) in [4.78, 5) is 14.3. The van der Waals surface area contributed by atoms with Crippen LogP contribution in [0.5, 0.6) is 0 Å². The number of non-ortho nitro benzene ring substituents is 1. The van der Waals surface area contributed by atoms with E-state index in [1.165, 1.54) is 0 Å². The van der Waals surface area contributed by atoms with Gasteiger partial charge in [-0.3, -0.25) is 10.1 Å². The minimum atomic E-state index is -0.326. The average molecular weight is 310 g/mol. The first-order valence-electron chi connectivity index (χ1n) is 7.53. The van der Waals surface area contributed by atoms with Crippen molar-refractivity contribution < 1.29 is 9.66 Å². The fourth-order valence-corrected chi connectivity index (χ4v) is 2.77. The Morgan fingerprint density at radius 3 is 2.65 bits per heavy atom. The number of benzene rings is 2. The van der Waals surface area contributed by atoms with E-state index in [-0.39, 0.29) is 10.6 Å². The average Bonchev–Trinajstić information content (AvgIpc) is 2.99. The van der Waals surface area contributed by atoms with Gasteiger partial charge in [-0.2, -0.15) is 0 Å². The maximum absolute atomic E-state index is 11.4. The molecule has 0 aliphatic carbocycles. The van der Waals surface area contributed by atoms with Gasteiger partial charge in [0.25, 0.3) is 5.69 Å². The summed E-state index contributed by atoms with van der Waals surface area (Å²) in [5, 5.41) is 12.3. The van der Waals surface area contributed by atoms with Gasteiger partial charge in [0, 0.05) is 30.9 Å². The number of nitrogens with zero attached hydrogens (tertiary/aromatic N) is 1. The zero-order chi connectivity index (χ0) is 16.2. The van der Waals surface area contributed by atoms with Gasteiger partial charge >= 0.3 is 0 Å². The Hall–Kier alpha value is -2.66. The zero-order valence-electron chi connectivity index (χ0n) is 12.9. The molecule has 0 unspecified atom stereocenters. The van der Waals surface area contributed by atoms with E-state index in [2.05, 4.69) is 4.98 Å². The SMILES string of the molecule is COCCCc1cc([N+](=O)[O-])c2[nH]c(-c3ccccc3)cc2c1. The zero-order valence-corrected chi connectivity index (χ0v) is 12.9. The third-order valence-electron chi connectivity index (χ3n) is 3.86. The first kappa shape index (κ1) is 15.2. The van der Waals surface area contributed by atoms with E-state index in [1.54, 1.807) is 13.2 Å². The fourth-order valence-electron chi connectivity index (χ4n) is 2.77. The van der Waals surface area contributed by atoms with E-state index in [4.69, 9.17) is 4.74 Å². The van der Waals surface area contributed by atoms with E-state index in [1.807, 2.05) is 42.5 Å². The van der Waals surface area contributed by atoms with Crippen LogP contribution in [0.25, 0.3) is 22.2 Å². The number of aromatic nitrogens is 1. The Kier molecular flexibility index (Phi) is 4.39. The third-order valence-corrected chi connectivity index (χ3v) is 3.86. The van der Waals surface area contributed by atoms with Gasteiger partial charge in [-0.05, 0) is 36.1 Å². The Balaban J connectivity index is 2.05. The molecule has 2 aromatic carbocycles. The Morgan fingerprint density at radius 2 is 1.96 bits per heavy atom. The van der Waals surface area contributed by atoms with Crippen molar-refractivity contribution >= 4 is 16.6 Å². The highest BCUT2D eigenvalue weighted by atomic mass is 16.6. The van der Waals surface area contributed by atoms with Gasteiger partial charge in [-0.15, -0.1) is 0 Å². The number of ether oxygens (including phenoxy) is 1. The van der Waals surface area contributed by atoms with Crippen molar-refractivity contribution in [3.63, 3.8) is 0 Å². The Labute approximate surface area is 134 Å². The molecule has 1 N–H and O–H groups in total. The van der Waals surface area contributed by atoms with Crippen molar-refractivity contribution in [2.24, 2.45) is 0 Å². The van der Waals surface area contributed by atoms with Crippen LogP contribution in [0, 0.1) is 10.1 Å². The van der Waals surface area contributed by atoms with Crippen molar-refractivity contribution in [1.82, 2.24) is 4.98 Å². The number of fused-ring (bicyclic) bond motifs is 1. The first-order chi connectivity index (χ1) is 11.2. The van der Waals surface area contributed by atoms with E-state index >= 15 is 0 Å². The molecule has 0 bridgehead atoms. The molecule has 0 spiro atoms. The predicted molar refractivity (Wildman–Crippen MR) is 90.6 cm³/mol. The lowest BCUT2D eigenvalue weighted by atomic mass is 10.1. The summed E-state index contributed by atoms with van der Waals surface area (Å²) in [6, 6.07) is 15.5. The number of aryl methyl sites for hydroxylation is 1. The van der Waals surface area contributed by atoms with Crippen LogP contribution in [0.2, 0.25) is 0 Å². The first-order valence-corrected chi connectivity index (χ1v) is 7.53. The van der Waals surface area contributed by atoms with E-state index in [0.29, 0.717) is 12.1 Å². The van der Waals surface area contributed by atoms with Crippen molar-refractivity contribution in [3.05, 3.63) is 64.2 Å². The molecular formula is C18H18N2O3. The molecule has 118 valence electrons. The molecule has 5 heteroatoms. The monoisotopic (exact) mass is 310 g/mol. The summed E-state index contributed by atoms with van der Waals surface area (Å²) in [6.45, 7) is 0.647. The second-order valence-electron chi connectivity index (χ2n) is 5.48. The largest absolute Gasteiger partial charge is 0.385 e. The predicted octanol–water partition coefficient (Wildman–Crippen LogP) is 4.32. The van der Waals surface area contributed by atoms with Crippen molar-refractivity contribution in [3.8, 4) is 11.3 Å². The van der Waals surface area contributed by atoms with Gasteiger partial charge in [-0.25, -0.2) is 0 Å². The van der Waals surface area contributed by atoms with Gasteiger partial charge < -0.3 is 9.72 Å². The molecule has 1 aromatic heterocycles. The van der Waals surface area contributed by atoms with Crippen LogP contribution in [0.15, 0.2) is 48.5 Å². The van der Waals surface area contributed by atoms with E-state index < -0.39 is 0 Å². The Bertz CT molecular complexity index is 825. The summed E-state index contributed by atoms with van der Waals surface area (Å²) in [5.41, 5.74) is 3.55. The lowest BCUT2D eigenvalue weighted by Gasteiger charge is -2.02. The number of H-pyrrole nitrogens is 1. The molecule has 0 fully saturated rings. The van der Waals surface area contributed by atoms with Crippen LogP contribution in [-0.2, 0) is 11.2 Å². The molecule has 0 radical (unpaired) electrons. The molecule has 0 atom stereocenters. The minimum Gasteiger partial charge on any atom is -0.385 e. The van der Waals surface area contributed by atoms with Gasteiger partial charge in [0.15, 0.2) is 0 Å². The van der Waals surface area contributed by atoms with E-state index in [9.17, 15) is 10.1 Å². The van der Waals surface area contributed by atoms with Gasteiger partial charge in [0.05, 0.1) is 4.92 Å². The minimum absolute atomic E-state index is 0.122. The van der Waals surface area contributed by atoms with Gasteiger partial charge in [0.1, 0.15) is 5.52 Å². The highest BCUT2D eigenvalue weighted by Gasteiger charge is 2.17. The number of nitro benzene ring substituents is 1. The second kappa shape index (κ2) is 6.62. The molecular weight excluding hydrogens is 292 g/mol. The number of hydrogen-bond donors (Lipinski definition) is 1. The summed E-state index contributed by atoms with van der Waals surface area (Å²) in [6.07, 6.45) is 1.60. The summed E-state index contributed by atoms with van der Waals surface area (Å²) >= 11 is 0. The van der Waals surface area contributed by atoms with Crippen LogP contribution < -0.4 is 0 Å². The maximum atomic E-state index is 11.4. The number of methoxy groups -OCH3 is 1. The lowest BCUT2D eigenvalue weighted by molar-refractivity contribution is -0.383. The normalized spacial score (nSPS) is 11.0. The molecule has 5 nitrogen and oxygen atoms in total. The topological polar surface area (TPSA) is 68.2 Å². The van der Waals surface area contributed by atoms with Crippen LogP contribution in [0.3, 0.4) is 0 Å². The maximum Gasteiger partial charge on any atom is 0.293 e. The summed E-state index contributed by atoms with van der Waals surface area (Å²) < 4.78 is 5.05. The summed E-state index contributed by atoms with van der Waals surface area (Å²) in [5.74, 6) is 0. The Morgan fingerprint density at radius 1 is 1.17 bits per heavy atom. The smallest absolute Gasteiger partial charge is 0.293 e. The van der Waals surface area contributed by atoms with Crippen molar-refractivity contribution in [2.75, 3.05) is 13.7 Å². The third kappa shape index (κ3) is 3.24. The molecule has 0 aliphatic rings. The highest BCUT2D eigenvalue weighted by Crippen LogP contribution is 2.31. The molecule has 3 aromatic rings. The lowest BCUT2D eigenvalue weighted by Crippen LogP contribution is -1.95. The number of nitro groups is 1. The van der Waals surface area contributed by atoms with Crippen molar-refractivity contribution in [1.29, 1.82) is 0 Å². The molecule has 0 saturated carbocycles. The highest BCUT2D eigenvalue weighted by molar-refractivity contribution is 5.93. The quantitative estimate of drug-likeness (QED) is 0.419. The van der Waals surface area contributed by atoms with Crippen LogP contribution in [-0.4, -0.2) is 23.6 Å². The molecule has 1 heterocycles. The number of rotatable bonds is 6. The molecule has 0 amide bonds. The standard InChI is InChI=1S/C18H18N2O3/c1-23-9-5-6-13-10-15-12-16(14-7-3-2-4-8-14)19-18(15)17(11-13)20(21)22/h2-4,7-8,10-12,19H,5-6,9H2,1H3. The van der Waals surface area contributed by atoms with Gasteiger partial charge in [0.2, 0.25) is 0 Å². The number of nitrogens with one attached hydrogen (secondary N) is 1. The van der Waals surface area contributed by atoms with Gasteiger partial charge in [-0.1, -0.05) is 30.3 Å². The van der Waals surface area contributed by atoms with Crippen LogP contribution >= 0.6 is 0 Å². The molecule has 0 saturated heterocycles. The second-order valence-corrected chi connectivity index (χ2v) is 5.48. The fraction of sp³-hybridized carbons (Fsp3) is 0.222. The van der Waals surface area contributed by atoms with Crippen LogP contribution in [0.4, 0.5) is 5.69 Å². The van der Waals surface area contributed by atoms with E-state index in [0.717, 1.165) is 35.0 Å².